The van der Waals surface area contributed by atoms with Crippen LogP contribution in [0.15, 0.2) is 24.3 Å². The zero-order valence-electron chi connectivity index (χ0n) is 8.42. The molecule has 0 N–H and O–H groups in total. The molecule has 78 valence electrons. The molecule has 0 heterocycles. The number of methoxy groups -OCH3 is 1. The molecule has 2 rings (SSSR count). The maximum atomic E-state index is 11.1. The summed E-state index contributed by atoms with van der Waals surface area (Å²) in [6.45, 7) is 0. The first-order valence-electron chi connectivity index (χ1n) is 4.78. The number of carbonyl (C=O) groups excluding carboxylic acids is 1. The molecule has 1 aromatic rings. The number of ether oxygens (including phenoxy) is 1. The Morgan fingerprint density at radius 2 is 2.27 bits per heavy atom. The fourth-order valence-electron chi connectivity index (χ4n) is 1.86. The molecule has 0 fully saturated rings. The Bertz CT molecular complexity index is 435. The van der Waals surface area contributed by atoms with Crippen LogP contribution in [0.5, 0.6) is 0 Å². The van der Waals surface area contributed by atoms with Gasteiger partial charge in [0.1, 0.15) is 0 Å². The van der Waals surface area contributed by atoms with Gasteiger partial charge in [-0.05, 0) is 35.6 Å². The topological polar surface area (TPSA) is 26.3 Å². The lowest BCUT2D eigenvalue weighted by Crippen LogP contribution is -1.95. The van der Waals surface area contributed by atoms with Crippen LogP contribution in [-0.4, -0.2) is 13.1 Å². The van der Waals surface area contributed by atoms with Gasteiger partial charge in [-0.1, -0.05) is 23.7 Å². The number of esters is 1. The van der Waals surface area contributed by atoms with Crippen LogP contribution >= 0.6 is 11.6 Å². The van der Waals surface area contributed by atoms with Crippen molar-refractivity contribution in [2.24, 2.45) is 0 Å². The predicted molar refractivity (Wildman–Crippen MR) is 59.8 cm³/mol. The Balaban J connectivity index is 2.41. The summed E-state index contributed by atoms with van der Waals surface area (Å²) in [6, 6.07) is 5.77. The number of allylic oxidation sites excluding steroid dienone is 1. The summed E-state index contributed by atoms with van der Waals surface area (Å²) in [7, 11) is 1.38. The number of rotatable bonds is 1. The molecular weight excluding hydrogens is 212 g/mol. The van der Waals surface area contributed by atoms with Crippen molar-refractivity contribution in [3.63, 3.8) is 0 Å². The van der Waals surface area contributed by atoms with E-state index < -0.39 is 0 Å². The van der Waals surface area contributed by atoms with Crippen LogP contribution in [0.1, 0.15) is 17.5 Å². The minimum Gasteiger partial charge on any atom is -0.466 e. The number of halogens is 1. The highest BCUT2D eigenvalue weighted by Crippen LogP contribution is 2.36. The van der Waals surface area contributed by atoms with E-state index in [1.165, 1.54) is 7.11 Å². The molecule has 0 atom stereocenters. The first-order valence-corrected chi connectivity index (χ1v) is 5.16. The van der Waals surface area contributed by atoms with Crippen molar-refractivity contribution in [1.29, 1.82) is 0 Å². The Hall–Kier alpha value is -1.28. The molecule has 0 aliphatic heterocycles. The molecule has 0 saturated heterocycles. The maximum Gasteiger partial charge on any atom is 0.330 e. The Morgan fingerprint density at radius 1 is 1.47 bits per heavy atom. The van der Waals surface area contributed by atoms with Gasteiger partial charge in [0.25, 0.3) is 0 Å². The average Bonchev–Trinajstić information content (AvgIpc) is 2.63. The molecule has 0 aromatic heterocycles. The van der Waals surface area contributed by atoms with Gasteiger partial charge in [0, 0.05) is 11.1 Å². The molecule has 0 spiro atoms. The summed E-state index contributed by atoms with van der Waals surface area (Å²) in [5, 5.41) is 0.778. The molecule has 0 unspecified atom stereocenters. The van der Waals surface area contributed by atoms with Crippen LogP contribution in [0.2, 0.25) is 5.02 Å². The molecule has 0 saturated carbocycles. The SMILES string of the molecule is COC(=O)/C=C1\CCc2c(Cl)cccc21. The quantitative estimate of drug-likeness (QED) is 0.540. The lowest BCUT2D eigenvalue weighted by atomic mass is 10.1. The first-order chi connectivity index (χ1) is 7.22. The Morgan fingerprint density at radius 3 is 3.00 bits per heavy atom. The van der Waals surface area contributed by atoms with Gasteiger partial charge >= 0.3 is 5.97 Å². The van der Waals surface area contributed by atoms with Crippen molar-refractivity contribution in [3.8, 4) is 0 Å². The van der Waals surface area contributed by atoms with Crippen LogP contribution in [0.25, 0.3) is 5.57 Å². The second-order valence-electron chi connectivity index (χ2n) is 3.46. The molecule has 0 radical (unpaired) electrons. The molecule has 1 aliphatic rings. The van der Waals surface area contributed by atoms with Gasteiger partial charge in [-0.2, -0.15) is 0 Å². The van der Waals surface area contributed by atoms with Crippen molar-refractivity contribution in [1.82, 2.24) is 0 Å². The zero-order chi connectivity index (χ0) is 10.8. The van der Waals surface area contributed by atoms with Gasteiger partial charge in [-0.25, -0.2) is 4.79 Å². The summed E-state index contributed by atoms with van der Waals surface area (Å²) in [6.07, 6.45) is 3.30. The fraction of sp³-hybridized carbons (Fsp3) is 0.250. The van der Waals surface area contributed by atoms with E-state index in [1.54, 1.807) is 6.08 Å². The number of hydrogen-bond acceptors (Lipinski definition) is 2. The molecule has 1 aliphatic carbocycles. The monoisotopic (exact) mass is 222 g/mol. The Labute approximate surface area is 93.5 Å². The third-order valence-electron chi connectivity index (χ3n) is 2.60. The third kappa shape index (κ3) is 1.90. The molecule has 2 nitrogen and oxygen atoms in total. The molecular formula is C12H11ClO2. The lowest BCUT2D eigenvalue weighted by molar-refractivity contribution is -0.134. The second kappa shape index (κ2) is 4.07. The van der Waals surface area contributed by atoms with E-state index in [4.69, 9.17) is 11.6 Å². The molecule has 0 amide bonds. The van der Waals surface area contributed by atoms with E-state index in [2.05, 4.69) is 4.74 Å². The predicted octanol–water partition coefficient (Wildman–Crippen LogP) is 2.84. The standard InChI is InChI=1S/C12H11ClO2/c1-15-12(14)7-8-5-6-10-9(8)3-2-4-11(10)13/h2-4,7H,5-6H2,1H3/b8-7+. The van der Waals surface area contributed by atoms with Crippen molar-refractivity contribution in [2.75, 3.05) is 7.11 Å². The first kappa shape index (κ1) is 10.2. The van der Waals surface area contributed by atoms with Crippen LogP contribution in [0, 0.1) is 0 Å². The van der Waals surface area contributed by atoms with E-state index in [0.717, 1.165) is 34.6 Å². The number of hydrogen-bond donors (Lipinski definition) is 0. The van der Waals surface area contributed by atoms with Crippen molar-refractivity contribution >= 4 is 23.1 Å². The highest BCUT2D eigenvalue weighted by molar-refractivity contribution is 6.31. The van der Waals surface area contributed by atoms with Gasteiger partial charge in [-0.3, -0.25) is 0 Å². The molecule has 1 aromatic carbocycles. The van der Waals surface area contributed by atoms with Crippen LogP contribution in [-0.2, 0) is 16.0 Å². The molecule has 15 heavy (non-hydrogen) atoms. The van der Waals surface area contributed by atoms with Gasteiger partial charge in [0.2, 0.25) is 0 Å². The largest absolute Gasteiger partial charge is 0.466 e. The summed E-state index contributed by atoms with van der Waals surface area (Å²) in [5.41, 5.74) is 3.22. The number of carbonyl (C=O) groups is 1. The highest BCUT2D eigenvalue weighted by atomic mass is 35.5. The van der Waals surface area contributed by atoms with E-state index in [9.17, 15) is 4.79 Å². The van der Waals surface area contributed by atoms with Crippen LogP contribution < -0.4 is 0 Å². The van der Waals surface area contributed by atoms with Gasteiger partial charge in [0.15, 0.2) is 0 Å². The number of benzene rings is 1. The van der Waals surface area contributed by atoms with Gasteiger partial charge in [0.05, 0.1) is 7.11 Å². The summed E-state index contributed by atoms with van der Waals surface area (Å²) >= 11 is 6.06. The third-order valence-corrected chi connectivity index (χ3v) is 2.96. The van der Waals surface area contributed by atoms with Crippen LogP contribution in [0.3, 0.4) is 0 Å². The van der Waals surface area contributed by atoms with E-state index in [1.807, 2.05) is 18.2 Å². The zero-order valence-corrected chi connectivity index (χ0v) is 9.17. The van der Waals surface area contributed by atoms with E-state index >= 15 is 0 Å². The normalized spacial score (nSPS) is 16.5. The lowest BCUT2D eigenvalue weighted by Gasteiger charge is -2.01. The molecule has 3 heteroatoms. The van der Waals surface area contributed by atoms with Crippen molar-refractivity contribution < 1.29 is 9.53 Å². The fourth-order valence-corrected chi connectivity index (χ4v) is 2.13. The summed E-state index contributed by atoms with van der Waals surface area (Å²) in [5.74, 6) is -0.308. The van der Waals surface area contributed by atoms with Crippen molar-refractivity contribution in [2.45, 2.75) is 12.8 Å². The average molecular weight is 223 g/mol. The van der Waals surface area contributed by atoms with Gasteiger partial charge < -0.3 is 4.74 Å². The maximum absolute atomic E-state index is 11.1. The minimum absolute atomic E-state index is 0.308. The minimum atomic E-state index is -0.308. The van der Waals surface area contributed by atoms with E-state index in [0.29, 0.717) is 0 Å². The van der Waals surface area contributed by atoms with Crippen LogP contribution in [0.4, 0.5) is 0 Å². The molecule has 0 bridgehead atoms. The van der Waals surface area contributed by atoms with Crippen molar-refractivity contribution in [3.05, 3.63) is 40.4 Å². The number of fused-ring (bicyclic) bond motifs is 1. The smallest absolute Gasteiger partial charge is 0.330 e. The van der Waals surface area contributed by atoms with E-state index in [-0.39, 0.29) is 5.97 Å². The summed E-state index contributed by atoms with van der Waals surface area (Å²) < 4.78 is 4.61. The summed E-state index contributed by atoms with van der Waals surface area (Å²) in [4.78, 5) is 11.1. The Kier molecular flexibility index (Phi) is 2.78. The highest BCUT2D eigenvalue weighted by Gasteiger charge is 2.19. The second-order valence-corrected chi connectivity index (χ2v) is 3.87. The van der Waals surface area contributed by atoms with Gasteiger partial charge in [-0.15, -0.1) is 0 Å².